The van der Waals surface area contributed by atoms with Gasteiger partial charge in [-0.05, 0) is 46.3 Å². The summed E-state index contributed by atoms with van der Waals surface area (Å²) < 4.78 is 13.4. The van der Waals surface area contributed by atoms with E-state index in [9.17, 15) is 14.5 Å². The lowest BCUT2D eigenvalue weighted by atomic mass is 10.1. The van der Waals surface area contributed by atoms with E-state index < -0.39 is 10.7 Å². The highest BCUT2D eigenvalue weighted by atomic mass is 79.9. The van der Waals surface area contributed by atoms with Crippen LogP contribution < -0.4 is 5.32 Å². The van der Waals surface area contributed by atoms with Gasteiger partial charge in [0.2, 0.25) is 0 Å². The lowest BCUT2D eigenvalue weighted by Crippen LogP contribution is -1.96. The molecule has 5 nitrogen and oxygen atoms in total. The summed E-state index contributed by atoms with van der Waals surface area (Å²) in [6.07, 6.45) is 0. The molecule has 0 saturated carbocycles. The van der Waals surface area contributed by atoms with Crippen molar-refractivity contribution in [1.82, 2.24) is 0 Å². The highest BCUT2D eigenvalue weighted by Crippen LogP contribution is 2.27. The summed E-state index contributed by atoms with van der Waals surface area (Å²) in [5.74, 6) is -0.402. The van der Waals surface area contributed by atoms with E-state index >= 15 is 0 Å². The maximum atomic E-state index is 13.1. The molecule has 0 radical (unpaired) electrons. The number of hydrogen-bond donors (Lipinski definition) is 1. The van der Waals surface area contributed by atoms with Crippen LogP contribution in [0.3, 0.4) is 0 Å². The molecule has 0 aliphatic rings. The summed E-state index contributed by atoms with van der Waals surface area (Å²) in [4.78, 5) is 10.2. The Morgan fingerprint density at radius 1 is 1.25 bits per heavy atom. The second kappa shape index (κ2) is 5.67. The highest BCUT2D eigenvalue weighted by Gasteiger charge is 2.14. The molecule has 0 saturated heterocycles. The molecule has 0 fully saturated rings. The quantitative estimate of drug-likeness (QED) is 0.676. The van der Waals surface area contributed by atoms with Crippen LogP contribution in [0.15, 0.2) is 40.9 Å². The maximum Gasteiger partial charge on any atom is 0.289 e. The minimum absolute atomic E-state index is 0.0131. The molecular formula is C13H7BrFN3O2. The Balaban J connectivity index is 2.34. The zero-order valence-corrected chi connectivity index (χ0v) is 11.5. The van der Waals surface area contributed by atoms with Gasteiger partial charge >= 0.3 is 0 Å². The number of rotatable bonds is 3. The molecule has 100 valence electrons. The molecule has 7 heteroatoms. The lowest BCUT2D eigenvalue weighted by molar-refractivity contribution is -0.385. The number of nitro groups is 1. The van der Waals surface area contributed by atoms with Crippen LogP contribution in [0.1, 0.15) is 5.56 Å². The second-order valence-electron chi connectivity index (χ2n) is 3.85. The third-order valence-corrected chi connectivity index (χ3v) is 3.13. The average Bonchev–Trinajstić information content (AvgIpc) is 2.43. The molecule has 20 heavy (non-hydrogen) atoms. The fourth-order valence-corrected chi connectivity index (χ4v) is 1.97. The number of anilines is 2. The van der Waals surface area contributed by atoms with E-state index in [2.05, 4.69) is 21.2 Å². The first kappa shape index (κ1) is 14.0. The van der Waals surface area contributed by atoms with E-state index in [1.165, 1.54) is 30.3 Å². The molecule has 0 spiro atoms. The van der Waals surface area contributed by atoms with Gasteiger partial charge in [-0.15, -0.1) is 0 Å². The van der Waals surface area contributed by atoms with Crippen LogP contribution in [-0.2, 0) is 0 Å². The van der Waals surface area contributed by atoms with Crippen LogP contribution in [0.5, 0.6) is 0 Å². The van der Waals surface area contributed by atoms with Gasteiger partial charge in [-0.25, -0.2) is 4.39 Å². The fraction of sp³-hybridized carbons (Fsp3) is 0. The molecule has 1 N–H and O–H groups in total. The van der Waals surface area contributed by atoms with Crippen molar-refractivity contribution in [1.29, 1.82) is 5.26 Å². The molecule has 2 aromatic rings. The number of nitro benzene ring substituents is 1. The van der Waals surface area contributed by atoms with E-state index in [1.807, 2.05) is 0 Å². The predicted molar refractivity (Wildman–Crippen MR) is 75.2 cm³/mol. The third-order valence-electron chi connectivity index (χ3n) is 2.52. The van der Waals surface area contributed by atoms with Crippen LogP contribution >= 0.6 is 15.9 Å². The van der Waals surface area contributed by atoms with Crippen LogP contribution in [0.25, 0.3) is 0 Å². The van der Waals surface area contributed by atoms with Crippen molar-refractivity contribution in [3.05, 3.63) is 62.4 Å². The Kier molecular flexibility index (Phi) is 3.96. The predicted octanol–water partition coefficient (Wildman–Crippen LogP) is 4.11. The van der Waals surface area contributed by atoms with Crippen molar-refractivity contribution in [3.63, 3.8) is 0 Å². The molecule has 0 aliphatic heterocycles. The molecule has 0 unspecified atom stereocenters. The first-order valence-corrected chi connectivity index (χ1v) is 6.21. The first-order valence-electron chi connectivity index (χ1n) is 5.42. The van der Waals surface area contributed by atoms with Crippen molar-refractivity contribution in [2.75, 3.05) is 5.32 Å². The topological polar surface area (TPSA) is 79.0 Å². The monoisotopic (exact) mass is 335 g/mol. The van der Waals surface area contributed by atoms with Crippen LogP contribution in [0.2, 0.25) is 0 Å². The van der Waals surface area contributed by atoms with Crippen molar-refractivity contribution < 1.29 is 9.31 Å². The summed E-state index contributed by atoms with van der Waals surface area (Å²) in [6, 6.07) is 10.2. The highest BCUT2D eigenvalue weighted by molar-refractivity contribution is 9.10. The Morgan fingerprint density at radius 2 is 1.90 bits per heavy atom. The third kappa shape index (κ3) is 2.92. The summed E-state index contributed by atoms with van der Waals surface area (Å²) >= 11 is 3.05. The Labute approximate surface area is 121 Å². The number of benzene rings is 2. The van der Waals surface area contributed by atoms with Crippen molar-refractivity contribution in [2.45, 2.75) is 0 Å². The molecule has 0 atom stereocenters. The number of nitrogens with zero attached hydrogens (tertiary/aromatic N) is 2. The van der Waals surface area contributed by atoms with Gasteiger partial charge in [0.1, 0.15) is 17.4 Å². The average molecular weight is 336 g/mol. The van der Waals surface area contributed by atoms with Gasteiger partial charge in [-0.3, -0.25) is 10.1 Å². The molecule has 0 bridgehead atoms. The molecule has 0 amide bonds. The smallest absolute Gasteiger partial charge is 0.289 e. The van der Waals surface area contributed by atoms with Crippen LogP contribution in [0.4, 0.5) is 21.5 Å². The number of nitriles is 1. The van der Waals surface area contributed by atoms with E-state index in [1.54, 1.807) is 12.1 Å². The number of hydrogen-bond acceptors (Lipinski definition) is 4. The lowest BCUT2D eigenvalue weighted by Gasteiger charge is -2.07. The number of nitrogens with one attached hydrogen (secondary N) is 1. The Bertz CT molecular complexity index is 728. The van der Waals surface area contributed by atoms with Gasteiger partial charge in [0.05, 0.1) is 9.40 Å². The van der Waals surface area contributed by atoms with Crippen molar-refractivity contribution in [3.8, 4) is 6.07 Å². The van der Waals surface area contributed by atoms with Crippen LogP contribution in [0, 0.1) is 27.3 Å². The zero-order chi connectivity index (χ0) is 14.7. The molecular weight excluding hydrogens is 329 g/mol. The van der Waals surface area contributed by atoms with Gasteiger partial charge in [0.25, 0.3) is 5.69 Å². The van der Waals surface area contributed by atoms with Gasteiger partial charge in [-0.2, -0.15) is 5.26 Å². The molecule has 0 aliphatic carbocycles. The van der Waals surface area contributed by atoms with Gasteiger partial charge in [-0.1, -0.05) is 0 Å². The minimum Gasteiger partial charge on any atom is -0.355 e. The molecule has 0 heterocycles. The van der Waals surface area contributed by atoms with Crippen molar-refractivity contribution in [2.24, 2.45) is 0 Å². The van der Waals surface area contributed by atoms with Gasteiger partial charge < -0.3 is 5.32 Å². The first-order chi connectivity index (χ1) is 9.51. The maximum absolute atomic E-state index is 13.1. The Morgan fingerprint density at radius 3 is 2.50 bits per heavy atom. The summed E-state index contributed by atoms with van der Waals surface area (Å²) in [6.45, 7) is 0. The standard InChI is InChI=1S/C13H7BrFN3O2/c14-11-5-9(3-4-12(11)15)17-10-2-1-8(7-16)13(6-10)18(19)20/h1-6,17H. The second-order valence-corrected chi connectivity index (χ2v) is 4.71. The number of halogens is 2. The SMILES string of the molecule is N#Cc1ccc(Nc2ccc(F)c(Br)c2)cc1[N+](=O)[O-]. The Hall–Kier alpha value is -2.46. The summed E-state index contributed by atoms with van der Waals surface area (Å²) in [5.41, 5.74) is 0.714. The van der Waals surface area contributed by atoms with Crippen LogP contribution in [-0.4, -0.2) is 4.92 Å². The summed E-state index contributed by atoms with van der Waals surface area (Å²) in [5, 5.41) is 22.6. The fourth-order valence-electron chi connectivity index (χ4n) is 1.60. The largest absolute Gasteiger partial charge is 0.355 e. The van der Waals surface area contributed by atoms with E-state index in [-0.39, 0.29) is 15.7 Å². The zero-order valence-electron chi connectivity index (χ0n) is 9.93. The van der Waals surface area contributed by atoms with E-state index in [4.69, 9.17) is 5.26 Å². The minimum atomic E-state index is -0.621. The normalized spacial score (nSPS) is 9.85. The van der Waals surface area contributed by atoms with Gasteiger partial charge in [0.15, 0.2) is 0 Å². The van der Waals surface area contributed by atoms with Crippen molar-refractivity contribution >= 4 is 33.0 Å². The van der Waals surface area contributed by atoms with E-state index in [0.717, 1.165) is 0 Å². The summed E-state index contributed by atoms with van der Waals surface area (Å²) in [7, 11) is 0. The van der Waals surface area contributed by atoms with Gasteiger partial charge in [0, 0.05) is 17.4 Å². The molecule has 2 rings (SSSR count). The molecule has 0 aromatic heterocycles. The molecule has 2 aromatic carbocycles. The van der Waals surface area contributed by atoms with E-state index in [0.29, 0.717) is 11.4 Å².